The molecule has 0 aliphatic heterocycles. The molecule has 2 rings (SSSR count). The standard InChI is InChI=1S/C10H11N3O3/c1-3-12-7(10(15)16)5-9(14)13-8(12)4-6(2)11-13/h4-5H,3H2,1-2H3,(H,15,16). The van der Waals surface area contributed by atoms with Gasteiger partial charge in [0, 0.05) is 18.7 Å². The Labute approximate surface area is 90.7 Å². The summed E-state index contributed by atoms with van der Waals surface area (Å²) in [6.07, 6.45) is 0. The maximum absolute atomic E-state index is 11.6. The molecule has 16 heavy (non-hydrogen) atoms. The summed E-state index contributed by atoms with van der Waals surface area (Å²) in [6, 6.07) is 2.78. The van der Waals surface area contributed by atoms with Gasteiger partial charge in [0.1, 0.15) is 11.3 Å². The number of carbonyl (C=O) groups is 1. The first-order valence-electron chi connectivity index (χ1n) is 4.88. The second-order valence-corrected chi connectivity index (χ2v) is 3.47. The second kappa shape index (κ2) is 3.48. The molecule has 0 amide bonds. The molecule has 1 N–H and O–H groups in total. The van der Waals surface area contributed by atoms with E-state index in [1.54, 1.807) is 17.6 Å². The summed E-state index contributed by atoms with van der Waals surface area (Å²) in [6.45, 7) is 4.04. The van der Waals surface area contributed by atoms with Crippen molar-refractivity contribution in [2.75, 3.05) is 0 Å². The number of carboxylic acids is 1. The first-order valence-corrected chi connectivity index (χ1v) is 4.88. The van der Waals surface area contributed by atoms with E-state index in [9.17, 15) is 9.59 Å². The fraction of sp³-hybridized carbons (Fsp3) is 0.300. The summed E-state index contributed by atoms with van der Waals surface area (Å²) >= 11 is 0. The van der Waals surface area contributed by atoms with Crippen molar-refractivity contribution in [2.24, 2.45) is 0 Å². The predicted molar refractivity (Wildman–Crippen MR) is 56.8 cm³/mol. The number of fused-ring (bicyclic) bond motifs is 1. The van der Waals surface area contributed by atoms with Gasteiger partial charge >= 0.3 is 5.97 Å². The third-order valence-electron chi connectivity index (χ3n) is 2.38. The fourth-order valence-electron chi connectivity index (χ4n) is 1.73. The van der Waals surface area contributed by atoms with Crippen molar-refractivity contribution < 1.29 is 9.90 Å². The zero-order valence-electron chi connectivity index (χ0n) is 8.97. The molecule has 2 aromatic rings. The zero-order chi connectivity index (χ0) is 11.9. The Morgan fingerprint density at radius 1 is 1.50 bits per heavy atom. The van der Waals surface area contributed by atoms with Crippen LogP contribution < -0.4 is 5.56 Å². The fourth-order valence-corrected chi connectivity index (χ4v) is 1.73. The summed E-state index contributed by atoms with van der Waals surface area (Å²) in [7, 11) is 0. The molecule has 6 heteroatoms. The van der Waals surface area contributed by atoms with Crippen LogP contribution in [0.1, 0.15) is 23.1 Å². The van der Waals surface area contributed by atoms with Crippen molar-refractivity contribution >= 4 is 11.6 Å². The van der Waals surface area contributed by atoms with Gasteiger partial charge in [0.25, 0.3) is 5.56 Å². The van der Waals surface area contributed by atoms with E-state index < -0.39 is 11.5 Å². The van der Waals surface area contributed by atoms with E-state index in [0.29, 0.717) is 17.9 Å². The second-order valence-electron chi connectivity index (χ2n) is 3.47. The number of rotatable bonds is 2. The Bertz CT molecular complexity index is 624. The first-order chi connectivity index (χ1) is 7.54. The Hall–Kier alpha value is -2.11. The van der Waals surface area contributed by atoms with Gasteiger partial charge in [-0.3, -0.25) is 4.79 Å². The molecular weight excluding hydrogens is 210 g/mol. The van der Waals surface area contributed by atoms with E-state index >= 15 is 0 Å². The molecule has 0 aliphatic carbocycles. The summed E-state index contributed by atoms with van der Waals surface area (Å²) in [4.78, 5) is 22.6. The lowest BCUT2D eigenvalue weighted by Gasteiger charge is -2.09. The molecule has 84 valence electrons. The zero-order valence-corrected chi connectivity index (χ0v) is 8.97. The van der Waals surface area contributed by atoms with Gasteiger partial charge in [-0.2, -0.15) is 9.61 Å². The highest BCUT2D eigenvalue weighted by atomic mass is 16.4. The van der Waals surface area contributed by atoms with E-state index in [1.165, 1.54) is 4.52 Å². The normalized spacial score (nSPS) is 10.9. The van der Waals surface area contributed by atoms with Crippen LogP contribution in [-0.4, -0.2) is 25.3 Å². The van der Waals surface area contributed by atoms with Crippen LogP contribution >= 0.6 is 0 Å². The van der Waals surface area contributed by atoms with E-state index in [0.717, 1.165) is 6.07 Å². The summed E-state index contributed by atoms with van der Waals surface area (Å²) < 4.78 is 2.76. The molecule has 0 spiro atoms. The number of aromatic carboxylic acids is 1. The highest BCUT2D eigenvalue weighted by Crippen LogP contribution is 2.07. The van der Waals surface area contributed by atoms with Gasteiger partial charge in [0.05, 0.1) is 5.69 Å². The maximum atomic E-state index is 11.6. The Balaban J connectivity index is 2.95. The topological polar surface area (TPSA) is 76.6 Å². The molecule has 0 radical (unpaired) electrons. The molecule has 6 nitrogen and oxygen atoms in total. The van der Waals surface area contributed by atoms with Crippen LogP contribution in [0.2, 0.25) is 0 Å². The minimum Gasteiger partial charge on any atom is -0.477 e. The van der Waals surface area contributed by atoms with E-state index in [2.05, 4.69) is 5.10 Å². The summed E-state index contributed by atoms with van der Waals surface area (Å²) in [5.41, 5.74) is 0.747. The molecule has 2 heterocycles. The highest BCUT2D eigenvalue weighted by molar-refractivity contribution is 5.86. The number of aryl methyl sites for hydroxylation is 2. The molecule has 0 aromatic carbocycles. The quantitative estimate of drug-likeness (QED) is 0.802. The smallest absolute Gasteiger partial charge is 0.352 e. The van der Waals surface area contributed by atoms with Gasteiger partial charge in [0.2, 0.25) is 0 Å². The molecular formula is C10H11N3O3. The van der Waals surface area contributed by atoms with E-state index in [1.807, 2.05) is 6.92 Å². The Morgan fingerprint density at radius 2 is 2.19 bits per heavy atom. The van der Waals surface area contributed by atoms with E-state index in [4.69, 9.17) is 5.11 Å². The van der Waals surface area contributed by atoms with Crippen molar-refractivity contribution in [1.29, 1.82) is 0 Å². The third-order valence-corrected chi connectivity index (χ3v) is 2.38. The molecule has 0 aliphatic rings. The lowest BCUT2D eigenvalue weighted by Crippen LogP contribution is -2.23. The molecule has 0 saturated carbocycles. The average Bonchev–Trinajstić information content (AvgIpc) is 2.60. The molecule has 0 bridgehead atoms. The molecule has 0 fully saturated rings. The van der Waals surface area contributed by atoms with Gasteiger partial charge < -0.3 is 9.67 Å². The van der Waals surface area contributed by atoms with Gasteiger partial charge in [-0.15, -0.1) is 0 Å². The third kappa shape index (κ3) is 1.39. The number of hydrogen-bond acceptors (Lipinski definition) is 3. The van der Waals surface area contributed by atoms with Crippen molar-refractivity contribution in [3.05, 3.63) is 33.9 Å². The Morgan fingerprint density at radius 3 is 2.75 bits per heavy atom. The summed E-state index contributed by atoms with van der Waals surface area (Å²) in [5, 5.41) is 13.0. The van der Waals surface area contributed by atoms with Crippen molar-refractivity contribution in [1.82, 2.24) is 14.2 Å². The van der Waals surface area contributed by atoms with Crippen LogP contribution in [0.5, 0.6) is 0 Å². The SMILES string of the molecule is CCn1c(C(=O)O)cc(=O)n2nc(C)cc12. The monoisotopic (exact) mass is 221 g/mol. The van der Waals surface area contributed by atoms with Crippen LogP contribution in [0.25, 0.3) is 5.65 Å². The number of aromatic nitrogens is 3. The predicted octanol–water partition coefficient (Wildman–Crippen LogP) is 0.523. The van der Waals surface area contributed by atoms with Crippen LogP contribution in [0.4, 0.5) is 0 Å². The van der Waals surface area contributed by atoms with Crippen LogP contribution in [0.15, 0.2) is 16.9 Å². The maximum Gasteiger partial charge on any atom is 0.352 e. The van der Waals surface area contributed by atoms with Crippen LogP contribution in [-0.2, 0) is 6.54 Å². The van der Waals surface area contributed by atoms with E-state index in [-0.39, 0.29) is 5.69 Å². The van der Waals surface area contributed by atoms with Crippen LogP contribution in [0, 0.1) is 6.92 Å². The van der Waals surface area contributed by atoms with Crippen LogP contribution in [0.3, 0.4) is 0 Å². The summed E-state index contributed by atoms with van der Waals surface area (Å²) in [5.74, 6) is -1.11. The molecule has 0 unspecified atom stereocenters. The molecule has 0 atom stereocenters. The van der Waals surface area contributed by atoms with Crippen molar-refractivity contribution in [2.45, 2.75) is 20.4 Å². The van der Waals surface area contributed by atoms with Crippen molar-refractivity contribution in [3.63, 3.8) is 0 Å². The van der Waals surface area contributed by atoms with Gasteiger partial charge in [-0.05, 0) is 13.8 Å². The number of hydrogen-bond donors (Lipinski definition) is 1. The molecule has 2 aromatic heterocycles. The largest absolute Gasteiger partial charge is 0.477 e. The highest BCUT2D eigenvalue weighted by Gasteiger charge is 2.14. The number of nitrogens with zero attached hydrogens (tertiary/aromatic N) is 3. The first kappa shape index (κ1) is 10.4. The van der Waals surface area contributed by atoms with Gasteiger partial charge in [-0.1, -0.05) is 0 Å². The average molecular weight is 221 g/mol. The lowest BCUT2D eigenvalue weighted by atomic mass is 10.3. The molecule has 0 saturated heterocycles. The number of carboxylic acid groups (broad SMARTS) is 1. The minimum absolute atomic E-state index is 0.0140. The minimum atomic E-state index is -1.11. The van der Waals surface area contributed by atoms with Gasteiger partial charge in [-0.25, -0.2) is 4.79 Å². The van der Waals surface area contributed by atoms with Crippen molar-refractivity contribution in [3.8, 4) is 0 Å². The lowest BCUT2D eigenvalue weighted by molar-refractivity contribution is 0.0684. The Kier molecular flexibility index (Phi) is 2.26. The van der Waals surface area contributed by atoms with Gasteiger partial charge in [0.15, 0.2) is 0 Å².